The van der Waals surface area contributed by atoms with Crippen LogP contribution >= 0.6 is 23.1 Å². The van der Waals surface area contributed by atoms with Gasteiger partial charge in [0, 0.05) is 11.1 Å². The van der Waals surface area contributed by atoms with Crippen molar-refractivity contribution in [3.63, 3.8) is 0 Å². The monoisotopic (exact) mass is 269 g/mol. The van der Waals surface area contributed by atoms with Gasteiger partial charge in [0.15, 0.2) is 4.34 Å². The van der Waals surface area contributed by atoms with Gasteiger partial charge in [-0.25, -0.2) is 9.97 Å². The van der Waals surface area contributed by atoms with Crippen molar-refractivity contribution in [3.05, 3.63) is 48.3 Å². The van der Waals surface area contributed by atoms with Crippen molar-refractivity contribution in [3.8, 4) is 6.07 Å². The molecule has 3 nitrogen and oxygen atoms in total. The van der Waals surface area contributed by atoms with Gasteiger partial charge in [-0.1, -0.05) is 23.9 Å². The molecule has 0 saturated carbocycles. The molecule has 3 aromatic rings. The van der Waals surface area contributed by atoms with E-state index >= 15 is 0 Å². The zero-order valence-corrected chi connectivity index (χ0v) is 10.8. The van der Waals surface area contributed by atoms with Crippen LogP contribution in [0.4, 0.5) is 0 Å². The molecule has 0 N–H and O–H groups in total. The number of benzene rings is 1. The van der Waals surface area contributed by atoms with Gasteiger partial charge < -0.3 is 0 Å². The Labute approximate surface area is 112 Å². The summed E-state index contributed by atoms with van der Waals surface area (Å²) in [4.78, 5) is 9.48. The molecule has 0 fully saturated rings. The molecule has 1 aromatic carbocycles. The minimum absolute atomic E-state index is 0.432. The van der Waals surface area contributed by atoms with E-state index in [4.69, 9.17) is 5.26 Å². The van der Waals surface area contributed by atoms with E-state index in [0.717, 1.165) is 14.8 Å². The van der Waals surface area contributed by atoms with E-state index in [9.17, 15) is 0 Å². The molecule has 5 heteroatoms. The molecule has 0 saturated heterocycles. The molecular weight excluding hydrogens is 262 g/mol. The van der Waals surface area contributed by atoms with Gasteiger partial charge in [-0.15, -0.1) is 11.3 Å². The van der Waals surface area contributed by atoms with Gasteiger partial charge in [-0.05, 0) is 24.3 Å². The normalized spacial score (nSPS) is 10.4. The zero-order chi connectivity index (χ0) is 12.4. The Bertz CT molecular complexity index is 710. The van der Waals surface area contributed by atoms with E-state index in [2.05, 4.69) is 16.0 Å². The second-order valence-electron chi connectivity index (χ2n) is 3.54. The van der Waals surface area contributed by atoms with E-state index in [-0.39, 0.29) is 0 Å². The maximum atomic E-state index is 8.81. The lowest BCUT2D eigenvalue weighted by atomic mass is 10.3. The third kappa shape index (κ3) is 2.21. The lowest BCUT2D eigenvalue weighted by molar-refractivity contribution is 1.21. The fourth-order valence-corrected chi connectivity index (χ4v) is 3.60. The Morgan fingerprint density at radius 2 is 2.11 bits per heavy atom. The van der Waals surface area contributed by atoms with Gasteiger partial charge in [0.1, 0.15) is 11.8 Å². The van der Waals surface area contributed by atoms with Crippen LogP contribution in [0.1, 0.15) is 5.69 Å². The van der Waals surface area contributed by atoms with Gasteiger partial charge >= 0.3 is 0 Å². The first kappa shape index (κ1) is 11.2. The van der Waals surface area contributed by atoms with Gasteiger partial charge in [0.05, 0.1) is 10.2 Å². The van der Waals surface area contributed by atoms with Crippen molar-refractivity contribution < 1.29 is 0 Å². The Kier molecular flexibility index (Phi) is 2.97. The van der Waals surface area contributed by atoms with Gasteiger partial charge in [-0.2, -0.15) is 5.26 Å². The fraction of sp³-hybridized carbons (Fsp3) is 0. The number of para-hydroxylation sites is 1. The molecule has 0 aliphatic heterocycles. The molecule has 18 heavy (non-hydrogen) atoms. The number of fused-ring (bicyclic) bond motifs is 1. The largest absolute Gasteiger partial charge is 0.245 e. The highest BCUT2D eigenvalue weighted by Gasteiger charge is 2.05. The smallest absolute Gasteiger partial charge is 0.155 e. The first-order valence-electron chi connectivity index (χ1n) is 5.25. The summed E-state index contributed by atoms with van der Waals surface area (Å²) in [6.07, 6.45) is 1.65. The second-order valence-corrected chi connectivity index (χ2v) is 5.89. The van der Waals surface area contributed by atoms with Crippen LogP contribution in [0.5, 0.6) is 0 Å². The van der Waals surface area contributed by atoms with Crippen LogP contribution in [0.2, 0.25) is 0 Å². The molecule has 0 radical (unpaired) electrons. The molecule has 0 aliphatic rings. The van der Waals surface area contributed by atoms with Crippen LogP contribution in [0.25, 0.3) is 10.2 Å². The standard InChI is InChI=1S/C13H7N3S2/c14-8-9-7-10(5-6-15-9)17-13-16-11-3-1-2-4-12(11)18-13/h1-7H. The predicted molar refractivity (Wildman–Crippen MR) is 72.7 cm³/mol. The van der Waals surface area contributed by atoms with Crippen LogP contribution in [0.3, 0.4) is 0 Å². The number of aromatic nitrogens is 2. The number of pyridine rings is 1. The third-order valence-electron chi connectivity index (χ3n) is 2.33. The van der Waals surface area contributed by atoms with E-state index < -0.39 is 0 Å². The summed E-state index contributed by atoms with van der Waals surface area (Å²) in [7, 11) is 0. The average molecular weight is 269 g/mol. The summed E-state index contributed by atoms with van der Waals surface area (Å²) >= 11 is 3.21. The fourth-order valence-electron chi connectivity index (χ4n) is 1.53. The van der Waals surface area contributed by atoms with Crippen LogP contribution in [-0.2, 0) is 0 Å². The molecule has 0 amide bonds. The van der Waals surface area contributed by atoms with Gasteiger partial charge in [-0.3, -0.25) is 0 Å². The third-order valence-corrected chi connectivity index (χ3v) is 4.41. The summed E-state index contributed by atoms with van der Waals surface area (Å²) < 4.78 is 2.15. The van der Waals surface area contributed by atoms with Crippen molar-refractivity contribution in [1.82, 2.24) is 9.97 Å². The van der Waals surface area contributed by atoms with Crippen LogP contribution in [0, 0.1) is 11.3 Å². The van der Waals surface area contributed by atoms with Crippen molar-refractivity contribution >= 4 is 33.3 Å². The van der Waals surface area contributed by atoms with Crippen LogP contribution < -0.4 is 0 Å². The van der Waals surface area contributed by atoms with E-state index in [1.54, 1.807) is 35.4 Å². The Balaban J connectivity index is 1.94. The van der Waals surface area contributed by atoms with E-state index in [0.29, 0.717) is 5.69 Å². The molecular formula is C13H7N3S2. The van der Waals surface area contributed by atoms with Crippen LogP contribution in [0.15, 0.2) is 51.8 Å². The molecule has 0 spiro atoms. The number of rotatable bonds is 2. The molecule has 0 aliphatic carbocycles. The SMILES string of the molecule is N#Cc1cc(Sc2nc3ccccc3s2)ccn1. The summed E-state index contributed by atoms with van der Waals surface area (Å²) in [5, 5.41) is 8.81. The van der Waals surface area contributed by atoms with Gasteiger partial charge in [0.25, 0.3) is 0 Å². The van der Waals surface area contributed by atoms with Crippen molar-refractivity contribution in [2.75, 3.05) is 0 Å². The van der Waals surface area contributed by atoms with E-state index in [1.165, 1.54) is 4.70 Å². The number of hydrogen-bond donors (Lipinski definition) is 0. The number of nitrogens with zero attached hydrogens (tertiary/aromatic N) is 3. The van der Waals surface area contributed by atoms with Gasteiger partial charge in [0.2, 0.25) is 0 Å². The molecule has 3 rings (SSSR count). The predicted octanol–water partition coefficient (Wildman–Crippen LogP) is 3.71. The molecule has 86 valence electrons. The van der Waals surface area contributed by atoms with Crippen molar-refractivity contribution in [2.24, 2.45) is 0 Å². The number of hydrogen-bond acceptors (Lipinski definition) is 5. The summed E-state index contributed by atoms with van der Waals surface area (Å²) in [5.41, 5.74) is 1.45. The number of thiazole rings is 1. The average Bonchev–Trinajstić information content (AvgIpc) is 2.81. The topological polar surface area (TPSA) is 49.6 Å². The maximum absolute atomic E-state index is 8.81. The lowest BCUT2D eigenvalue weighted by Crippen LogP contribution is -1.81. The highest BCUT2D eigenvalue weighted by Crippen LogP contribution is 2.34. The van der Waals surface area contributed by atoms with E-state index in [1.807, 2.05) is 30.3 Å². The minimum atomic E-state index is 0.432. The molecule has 2 heterocycles. The zero-order valence-electron chi connectivity index (χ0n) is 9.20. The quantitative estimate of drug-likeness (QED) is 0.711. The molecule has 2 aromatic heterocycles. The Hall–Kier alpha value is -1.90. The Morgan fingerprint density at radius 3 is 2.94 bits per heavy atom. The molecule has 0 bridgehead atoms. The molecule has 0 atom stereocenters. The summed E-state index contributed by atoms with van der Waals surface area (Å²) in [6.45, 7) is 0. The van der Waals surface area contributed by atoms with Crippen molar-refractivity contribution in [1.29, 1.82) is 5.26 Å². The first-order chi connectivity index (χ1) is 8.85. The summed E-state index contributed by atoms with van der Waals surface area (Å²) in [6, 6.07) is 13.8. The lowest BCUT2D eigenvalue weighted by Gasteiger charge is -1.96. The highest BCUT2D eigenvalue weighted by molar-refractivity contribution is 8.01. The number of nitriles is 1. The van der Waals surface area contributed by atoms with Crippen molar-refractivity contribution in [2.45, 2.75) is 9.24 Å². The Morgan fingerprint density at radius 1 is 1.22 bits per heavy atom. The van der Waals surface area contributed by atoms with Crippen LogP contribution in [-0.4, -0.2) is 9.97 Å². The second kappa shape index (κ2) is 4.77. The first-order valence-corrected chi connectivity index (χ1v) is 6.88. The summed E-state index contributed by atoms with van der Waals surface area (Å²) in [5.74, 6) is 0. The highest BCUT2D eigenvalue weighted by atomic mass is 32.2. The maximum Gasteiger partial charge on any atom is 0.155 e. The minimum Gasteiger partial charge on any atom is -0.245 e. The molecule has 0 unspecified atom stereocenters.